The number of hydrogen-bond acceptors (Lipinski definition) is 3. The molecule has 0 aliphatic rings. The van der Waals surface area contributed by atoms with Gasteiger partial charge in [-0.25, -0.2) is 9.37 Å². The number of alkyl halides is 3. The molecule has 0 radical (unpaired) electrons. The molecular formula is C17H10F4N2OS. The van der Waals surface area contributed by atoms with Crippen molar-refractivity contribution >= 4 is 22.4 Å². The number of anilines is 1. The molecule has 0 fully saturated rings. The number of nitrogens with one attached hydrogen (secondary N) is 1. The third-order valence-electron chi connectivity index (χ3n) is 3.27. The van der Waals surface area contributed by atoms with E-state index in [1.54, 1.807) is 18.2 Å². The monoisotopic (exact) mass is 366 g/mol. The Kier molecular flexibility index (Phi) is 4.54. The summed E-state index contributed by atoms with van der Waals surface area (Å²) in [6.07, 6.45) is -4.68. The van der Waals surface area contributed by atoms with Crippen LogP contribution in [0.25, 0.3) is 10.4 Å². The quantitative estimate of drug-likeness (QED) is 0.646. The van der Waals surface area contributed by atoms with Gasteiger partial charge in [0.1, 0.15) is 5.82 Å². The summed E-state index contributed by atoms with van der Waals surface area (Å²) < 4.78 is 53.4. The minimum atomic E-state index is -4.68. The highest BCUT2D eigenvalue weighted by Gasteiger charge is 2.38. The summed E-state index contributed by atoms with van der Waals surface area (Å²) in [6.45, 7) is 0. The van der Waals surface area contributed by atoms with Crippen LogP contribution < -0.4 is 5.32 Å². The smallest absolute Gasteiger partial charge is 0.298 e. The van der Waals surface area contributed by atoms with Gasteiger partial charge < -0.3 is 0 Å². The van der Waals surface area contributed by atoms with Crippen LogP contribution in [0.3, 0.4) is 0 Å². The van der Waals surface area contributed by atoms with E-state index >= 15 is 0 Å². The van der Waals surface area contributed by atoms with E-state index < -0.39 is 23.6 Å². The molecule has 1 N–H and O–H groups in total. The Morgan fingerprint density at radius 3 is 2.28 bits per heavy atom. The maximum absolute atomic E-state index is 13.6. The van der Waals surface area contributed by atoms with Crippen LogP contribution in [0.15, 0.2) is 54.6 Å². The Labute approximate surface area is 144 Å². The van der Waals surface area contributed by atoms with Crippen LogP contribution in [0, 0.1) is 5.82 Å². The summed E-state index contributed by atoms with van der Waals surface area (Å²) >= 11 is 0.683. The van der Waals surface area contributed by atoms with Gasteiger partial charge in [0.15, 0.2) is 10.8 Å². The molecule has 0 bridgehead atoms. The van der Waals surface area contributed by atoms with Gasteiger partial charge in [-0.15, -0.1) is 0 Å². The number of nitrogens with zero attached hydrogens (tertiary/aromatic N) is 1. The summed E-state index contributed by atoms with van der Waals surface area (Å²) in [6, 6.07) is 13.1. The fourth-order valence-electron chi connectivity index (χ4n) is 2.16. The number of aromatic nitrogens is 1. The van der Waals surface area contributed by atoms with Crippen LogP contribution in [0.1, 0.15) is 16.1 Å². The minimum Gasteiger partial charge on any atom is -0.298 e. The van der Waals surface area contributed by atoms with Crippen molar-refractivity contribution in [2.45, 2.75) is 6.18 Å². The van der Waals surface area contributed by atoms with E-state index in [0.717, 1.165) is 6.07 Å². The topological polar surface area (TPSA) is 42.0 Å². The second-order valence-electron chi connectivity index (χ2n) is 4.99. The highest BCUT2D eigenvalue weighted by atomic mass is 32.1. The zero-order valence-electron chi connectivity index (χ0n) is 12.5. The van der Waals surface area contributed by atoms with Gasteiger partial charge in [0.05, 0.1) is 10.4 Å². The molecule has 0 aliphatic carbocycles. The molecule has 3 nitrogen and oxygen atoms in total. The molecule has 25 heavy (non-hydrogen) atoms. The summed E-state index contributed by atoms with van der Waals surface area (Å²) in [5.74, 6) is -1.63. The van der Waals surface area contributed by atoms with Gasteiger partial charge in [0.25, 0.3) is 5.91 Å². The standard InChI is InChI=1S/C17H10F4N2OS/c18-12-9-5-4-8-11(12)15(24)23-16-22-14(17(19,20)21)13(25-16)10-6-2-1-3-7-10/h1-9H,(H,22,23,24). The van der Waals surface area contributed by atoms with Crippen molar-refractivity contribution in [3.05, 3.63) is 71.7 Å². The van der Waals surface area contributed by atoms with Gasteiger partial charge >= 0.3 is 6.18 Å². The molecular weight excluding hydrogens is 356 g/mol. The van der Waals surface area contributed by atoms with E-state index in [0.29, 0.717) is 16.9 Å². The van der Waals surface area contributed by atoms with Crippen molar-refractivity contribution < 1.29 is 22.4 Å². The second kappa shape index (κ2) is 6.64. The normalized spacial score (nSPS) is 11.4. The first-order chi connectivity index (χ1) is 11.9. The first-order valence-corrected chi connectivity index (χ1v) is 7.87. The molecule has 8 heteroatoms. The van der Waals surface area contributed by atoms with Crippen molar-refractivity contribution in [2.75, 3.05) is 5.32 Å². The van der Waals surface area contributed by atoms with Gasteiger partial charge in [-0.1, -0.05) is 53.8 Å². The number of carbonyl (C=O) groups is 1. The Hall–Kier alpha value is -2.74. The van der Waals surface area contributed by atoms with Crippen LogP contribution in [-0.2, 0) is 6.18 Å². The first kappa shape index (κ1) is 17.1. The number of carbonyl (C=O) groups excluding carboxylic acids is 1. The van der Waals surface area contributed by atoms with E-state index in [1.165, 1.54) is 30.3 Å². The number of amides is 1. The van der Waals surface area contributed by atoms with Crippen molar-refractivity contribution in [2.24, 2.45) is 0 Å². The SMILES string of the molecule is O=C(Nc1nc(C(F)(F)F)c(-c2ccccc2)s1)c1ccccc1F. The molecule has 0 atom stereocenters. The van der Waals surface area contributed by atoms with Crippen LogP contribution >= 0.6 is 11.3 Å². The molecule has 2 aromatic carbocycles. The third-order valence-corrected chi connectivity index (χ3v) is 4.29. The predicted octanol–water partition coefficient (Wildman–Crippen LogP) is 5.22. The molecule has 0 spiro atoms. The lowest BCUT2D eigenvalue weighted by Crippen LogP contribution is -2.14. The Balaban J connectivity index is 1.97. The van der Waals surface area contributed by atoms with Crippen LogP contribution in [0.5, 0.6) is 0 Å². The van der Waals surface area contributed by atoms with E-state index in [9.17, 15) is 22.4 Å². The average Bonchev–Trinajstić information content (AvgIpc) is 3.00. The van der Waals surface area contributed by atoms with Gasteiger partial charge in [0, 0.05) is 0 Å². The van der Waals surface area contributed by atoms with E-state index in [4.69, 9.17) is 0 Å². The molecule has 1 heterocycles. The molecule has 0 saturated heterocycles. The maximum Gasteiger partial charge on any atom is 0.434 e. The fraction of sp³-hybridized carbons (Fsp3) is 0.0588. The molecule has 0 aliphatic heterocycles. The van der Waals surface area contributed by atoms with E-state index in [2.05, 4.69) is 10.3 Å². The lowest BCUT2D eigenvalue weighted by molar-refractivity contribution is -0.140. The highest BCUT2D eigenvalue weighted by Crippen LogP contribution is 2.41. The molecule has 3 aromatic rings. The zero-order valence-corrected chi connectivity index (χ0v) is 13.3. The Morgan fingerprint density at radius 2 is 1.64 bits per heavy atom. The average molecular weight is 366 g/mol. The van der Waals surface area contributed by atoms with Gasteiger partial charge in [-0.2, -0.15) is 13.2 Å². The maximum atomic E-state index is 13.6. The van der Waals surface area contributed by atoms with Crippen molar-refractivity contribution in [1.82, 2.24) is 4.98 Å². The molecule has 128 valence electrons. The number of thiazole rings is 1. The van der Waals surface area contributed by atoms with Crippen molar-refractivity contribution in [3.63, 3.8) is 0 Å². The molecule has 3 rings (SSSR count). The van der Waals surface area contributed by atoms with Gasteiger partial charge in [0.2, 0.25) is 0 Å². The highest BCUT2D eigenvalue weighted by molar-refractivity contribution is 7.19. The van der Waals surface area contributed by atoms with Crippen molar-refractivity contribution in [3.8, 4) is 10.4 Å². The fourth-order valence-corrected chi connectivity index (χ4v) is 3.15. The zero-order chi connectivity index (χ0) is 18.0. The summed E-state index contributed by atoms with van der Waals surface area (Å²) in [5.41, 5.74) is -1.03. The van der Waals surface area contributed by atoms with Gasteiger partial charge in [-0.05, 0) is 17.7 Å². The summed E-state index contributed by atoms with van der Waals surface area (Å²) in [7, 11) is 0. The largest absolute Gasteiger partial charge is 0.434 e. The molecule has 1 amide bonds. The lowest BCUT2D eigenvalue weighted by atomic mass is 10.1. The molecule has 0 saturated carbocycles. The Bertz CT molecular complexity index is 907. The number of hydrogen-bond donors (Lipinski definition) is 1. The molecule has 1 aromatic heterocycles. The van der Waals surface area contributed by atoms with Crippen LogP contribution in [0.2, 0.25) is 0 Å². The lowest BCUT2D eigenvalue weighted by Gasteiger charge is -2.05. The second-order valence-corrected chi connectivity index (χ2v) is 5.99. The van der Waals surface area contributed by atoms with Gasteiger partial charge in [-0.3, -0.25) is 10.1 Å². The number of benzene rings is 2. The number of rotatable bonds is 3. The minimum absolute atomic E-state index is 0.114. The Morgan fingerprint density at radius 1 is 1.00 bits per heavy atom. The van der Waals surface area contributed by atoms with Crippen LogP contribution in [-0.4, -0.2) is 10.9 Å². The summed E-state index contributed by atoms with van der Waals surface area (Å²) in [5, 5.41) is 1.98. The predicted molar refractivity (Wildman–Crippen MR) is 86.9 cm³/mol. The van der Waals surface area contributed by atoms with E-state index in [-0.39, 0.29) is 15.6 Å². The summed E-state index contributed by atoms with van der Waals surface area (Å²) in [4.78, 5) is 15.5. The third kappa shape index (κ3) is 3.69. The van der Waals surface area contributed by atoms with Crippen molar-refractivity contribution in [1.29, 1.82) is 0 Å². The number of halogens is 4. The molecule has 0 unspecified atom stereocenters. The van der Waals surface area contributed by atoms with E-state index in [1.807, 2.05) is 0 Å². The first-order valence-electron chi connectivity index (χ1n) is 7.05. The van der Waals surface area contributed by atoms with Crippen LogP contribution in [0.4, 0.5) is 22.7 Å².